The van der Waals surface area contributed by atoms with Gasteiger partial charge in [0.1, 0.15) is 12.1 Å². The number of carbonyl (C=O) groups excluding carboxylic acids is 1. The van der Waals surface area contributed by atoms with Crippen LogP contribution in [0.4, 0.5) is 0 Å². The van der Waals surface area contributed by atoms with E-state index in [0.717, 1.165) is 64.1 Å². The molecule has 0 atom stereocenters. The lowest BCUT2D eigenvalue weighted by Crippen LogP contribution is -2.57. The molecule has 2 rings (SSSR count). The number of amidine groups is 1. The highest BCUT2D eigenvalue weighted by Gasteiger charge is 2.34. The Bertz CT molecular complexity index is 305. The summed E-state index contributed by atoms with van der Waals surface area (Å²) in [5.41, 5.74) is -0.418. The van der Waals surface area contributed by atoms with E-state index >= 15 is 0 Å². The van der Waals surface area contributed by atoms with E-state index in [1.165, 1.54) is 0 Å². The number of hydrogen-bond acceptors (Lipinski definition) is 4. The lowest BCUT2D eigenvalue weighted by molar-refractivity contribution is -0.113. The van der Waals surface area contributed by atoms with Gasteiger partial charge in [-0.05, 0) is 38.8 Å². The van der Waals surface area contributed by atoms with Gasteiger partial charge in [-0.1, -0.05) is 0 Å². The Morgan fingerprint density at radius 1 is 1.39 bits per heavy atom. The van der Waals surface area contributed by atoms with Crippen molar-refractivity contribution in [2.45, 2.75) is 31.2 Å². The van der Waals surface area contributed by atoms with Crippen LogP contribution in [-0.2, 0) is 9.53 Å². The van der Waals surface area contributed by atoms with E-state index < -0.39 is 5.54 Å². The fraction of sp³-hybridized carbons (Fsp3) is 0.846. The molecular weight excluding hydrogens is 230 g/mol. The van der Waals surface area contributed by atoms with Crippen molar-refractivity contribution in [1.82, 2.24) is 10.6 Å². The van der Waals surface area contributed by atoms with Crippen molar-refractivity contribution in [3.05, 3.63) is 0 Å². The zero-order valence-corrected chi connectivity index (χ0v) is 11.1. The predicted molar refractivity (Wildman–Crippen MR) is 70.9 cm³/mol. The molecule has 0 spiro atoms. The van der Waals surface area contributed by atoms with E-state index in [-0.39, 0.29) is 0 Å². The molecule has 5 nitrogen and oxygen atoms in total. The molecule has 0 unspecified atom stereocenters. The van der Waals surface area contributed by atoms with Gasteiger partial charge in [-0.15, -0.1) is 0 Å². The monoisotopic (exact) mass is 253 g/mol. The third-order valence-electron chi connectivity index (χ3n) is 3.95. The first-order valence-electron chi connectivity index (χ1n) is 6.79. The molecule has 2 fully saturated rings. The molecule has 2 aliphatic rings. The minimum Gasteiger partial charge on any atom is -0.381 e. The number of aliphatic imine (C=N–C) groups is 1. The summed E-state index contributed by atoms with van der Waals surface area (Å²) in [5, 5.41) is 6.71. The molecule has 2 N–H and O–H groups in total. The Hall–Kier alpha value is -0.940. The van der Waals surface area contributed by atoms with E-state index in [2.05, 4.69) is 15.6 Å². The van der Waals surface area contributed by atoms with Crippen molar-refractivity contribution in [3.63, 3.8) is 0 Å². The summed E-state index contributed by atoms with van der Waals surface area (Å²) in [6.07, 6.45) is 4.72. The molecule has 0 aromatic rings. The molecule has 2 aliphatic heterocycles. The van der Waals surface area contributed by atoms with Crippen molar-refractivity contribution in [1.29, 1.82) is 0 Å². The van der Waals surface area contributed by atoms with Crippen LogP contribution in [0.5, 0.6) is 0 Å². The number of nitrogens with one attached hydrogen (secondary N) is 2. The third-order valence-corrected chi connectivity index (χ3v) is 3.95. The third kappa shape index (κ3) is 3.09. The summed E-state index contributed by atoms with van der Waals surface area (Å²) < 4.78 is 5.37. The summed E-state index contributed by atoms with van der Waals surface area (Å²) >= 11 is 0. The number of carbonyl (C=O) groups is 1. The van der Waals surface area contributed by atoms with Crippen LogP contribution in [0.15, 0.2) is 4.99 Å². The molecule has 2 heterocycles. The highest BCUT2D eigenvalue weighted by molar-refractivity contribution is 5.88. The van der Waals surface area contributed by atoms with E-state index in [9.17, 15) is 4.79 Å². The molecule has 2 saturated heterocycles. The first kappa shape index (κ1) is 13.5. The largest absolute Gasteiger partial charge is 0.381 e. The summed E-state index contributed by atoms with van der Waals surface area (Å²) in [4.78, 5) is 15.8. The SMILES string of the molecule is CN=C(NC1(C=O)CCNCC1)C1CCOCC1. The van der Waals surface area contributed by atoms with Gasteiger partial charge in [-0.25, -0.2) is 0 Å². The van der Waals surface area contributed by atoms with Crippen molar-refractivity contribution < 1.29 is 9.53 Å². The fourth-order valence-corrected chi connectivity index (χ4v) is 2.71. The Morgan fingerprint density at radius 2 is 2.06 bits per heavy atom. The second kappa shape index (κ2) is 6.29. The zero-order chi connectivity index (χ0) is 12.8. The van der Waals surface area contributed by atoms with Gasteiger partial charge in [0.15, 0.2) is 0 Å². The number of ether oxygens (including phenoxy) is 1. The lowest BCUT2D eigenvalue weighted by atomic mass is 9.88. The van der Waals surface area contributed by atoms with Gasteiger partial charge < -0.3 is 20.2 Å². The fourth-order valence-electron chi connectivity index (χ4n) is 2.71. The van der Waals surface area contributed by atoms with Crippen molar-refractivity contribution in [2.75, 3.05) is 33.4 Å². The van der Waals surface area contributed by atoms with Crippen LogP contribution < -0.4 is 10.6 Å². The molecule has 0 saturated carbocycles. The summed E-state index contributed by atoms with van der Waals surface area (Å²) in [5.74, 6) is 1.39. The van der Waals surface area contributed by atoms with Gasteiger partial charge in [0.2, 0.25) is 0 Å². The normalized spacial score (nSPS) is 25.7. The van der Waals surface area contributed by atoms with E-state index in [4.69, 9.17) is 4.74 Å². The van der Waals surface area contributed by atoms with Crippen LogP contribution >= 0.6 is 0 Å². The van der Waals surface area contributed by atoms with Gasteiger partial charge in [0.25, 0.3) is 0 Å². The van der Waals surface area contributed by atoms with Gasteiger partial charge in [-0.2, -0.15) is 0 Å². The molecule has 0 aliphatic carbocycles. The van der Waals surface area contributed by atoms with E-state index in [0.29, 0.717) is 5.92 Å². The molecule has 0 aromatic heterocycles. The highest BCUT2D eigenvalue weighted by atomic mass is 16.5. The maximum Gasteiger partial charge on any atom is 0.145 e. The number of piperidine rings is 1. The van der Waals surface area contributed by atoms with Gasteiger partial charge >= 0.3 is 0 Å². The van der Waals surface area contributed by atoms with Crippen LogP contribution in [0.1, 0.15) is 25.7 Å². The summed E-state index contributed by atoms with van der Waals surface area (Å²) in [6.45, 7) is 3.36. The Balaban J connectivity index is 2.01. The second-order valence-electron chi connectivity index (χ2n) is 5.14. The van der Waals surface area contributed by atoms with Crippen LogP contribution in [0.2, 0.25) is 0 Å². The summed E-state index contributed by atoms with van der Waals surface area (Å²) in [6, 6.07) is 0. The Morgan fingerprint density at radius 3 is 2.61 bits per heavy atom. The smallest absolute Gasteiger partial charge is 0.145 e. The maximum atomic E-state index is 11.4. The predicted octanol–water partition coefficient (Wildman–Crippen LogP) is 0.352. The maximum absolute atomic E-state index is 11.4. The van der Waals surface area contributed by atoms with Crippen LogP contribution in [0, 0.1) is 5.92 Å². The van der Waals surface area contributed by atoms with Crippen LogP contribution in [-0.4, -0.2) is 51.0 Å². The molecule has 5 heteroatoms. The molecule has 0 aromatic carbocycles. The van der Waals surface area contributed by atoms with Gasteiger partial charge in [0, 0.05) is 26.2 Å². The number of nitrogens with zero attached hydrogens (tertiary/aromatic N) is 1. The minimum atomic E-state index is -0.418. The van der Waals surface area contributed by atoms with Crippen LogP contribution in [0.3, 0.4) is 0 Å². The first-order chi connectivity index (χ1) is 8.79. The molecule has 18 heavy (non-hydrogen) atoms. The quantitative estimate of drug-likeness (QED) is 0.433. The highest BCUT2D eigenvalue weighted by Crippen LogP contribution is 2.20. The molecule has 102 valence electrons. The van der Waals surface area contributed by atoms with Gasteiger partial charge in [-0.3, -0.25) is 4.99 Å². The molecule has 0 bridgehead atoms. The van der Waals surface area contributed by atoms with Gasteiger partial charge in [0.05, 0.1) is 5.54 Å². The minimum absolute atomic E-state index is 0.412. The number of aldehydes is 1. The first-order valence-corrected chi connectivity index (χ1v) is 6.79. The van der Waals surface area contributed by atoms with Crippen LogP contribution in [0.25, 0.3) is 0 Å². The Labute approximate surface area is 108 Å². The van der Waals surface area contributed by atoms with E-state index in [1.807, 2.05) is 0 Å². The van der Waals surface area contributed by atoms with Crippen molar-refractivity contribution >= 4 is 12.1 Å². The molecule has 0 radical (unpaired) electrons. The molecular formula is C13H23N3O2. The molecule has 0 amide bonds. The average Bonchev–Trinajstić information content (AvgIpc) is 2.47. The second-order valence-corrected chi connectivity index (χ2v) is 5.14. The topological polar surface area (TPSA) is 62.7 Å². The summed E-state index contributed by atoms with van der Waals surface area (Å²) in [7, 11) is 1.80. The number of rotatable bonds is 3. The van der Waals surface area contributed by atoms with Crippen molar-refractivity contribution in [2.24, 2.45) is 10.9 Å². The lowest BCUT2D eigenvalue weighted by Gasteiger charge is -2.37. The zero-order valence-electron chi connectivity index (χ0n) is 11.1. The Kier molecular flexibility index (Phi) is 4.72. The number of hydrogen-bond donors (Lipinski definition) is 2. The average molecular weight is 253 g/mol. The van der Waals surface area contributed by atoms with Crippen molar-refractivity contribution in [3.8, 4) is 0 Å². The standard InChI is InChI=1S/C13H23N3O2/c1-14-12(11-2-8-18-9-3-11)16-13(10-17)4-6-15-7-5-13/h10-11,15H,2-9H2,1H3,(H,14,16). The van der Waals surface area contributed by atoms with E-state index in [1.54, 1.807) is 7.05 Å².